The van der Waals surface area contributed by atoms with Gasteiger partial charge in [0.15, 0.2) is 17.2 Å². The van der Waals surface area contributed by atoms with E-state index in [0.717, 1.165) is 45.6 Å². The molecule has 1 amide bonds. The Balaban J connectivity index is 1.64. The predicted molar refractivity (Wildman–Crippen MR) is 128 cm³/mol. The van der Waals surface area contributed by atoms with Crippen LogP contribution in [0.3, 0.4) is 0 Å². The zero-order valence-corrected chi connectivity index (χ0v) is 21.2. The summed E-state index contributed by atoms with van der Waals surface area (Å²) in [7, 11) is 1.07. The van der Waals surface area contributed by atoms with Gasteiger partial charge in [-0.15, -0.1) is 0 Å². The van der Waals surface area contributed by atoms with Crippen LogP contribution in [-0.2, 0) is 16.1 Å². The number of aromatic nitrogens is 1. The largest absolute Gasteiger partial charge is 0.493 e. The van der Waals surface area contributed by atoms with Crippen molar-refractivity contribution in [2.45, 2.75) is 63.1 Å². The van der Waals surface area contributed by atoms with E-state index in [4.69, 9.17) is 9.47 Å². The highest BCUT2D eigenvalue weighted by atomic mass is 19.4. The molecule has 2 aliphatic heterocycles. The second-order valence-electron chi connectivity index (χ2n) is 9.92. The van der Waals surface area contributed by atoms with E-state index in [0.29, 0.717) is 12.2 Å². The number of anilines is 1. The average molecular weight is 544 g/mol. The van der Waals surface area contributed by atoms with E-state index >= 15 is 0 Å². The standard InChI is InChI=1S/C26H30F5N3O4/c1-14-20(18-6-7-19(27)21(28)22(18)37-3)23(38-25(14,2)26(29,30)31)24(36)33-15-8-9-32-16(11-15)12-34-10-4-5-17(34)13-35/h6-9,11,14,17,20,23,35H,4-5,10,12-13H2,1-3H3,(H,32,33,36)/t14-,17-,20-,23+,25+/m0/s1. The fourth-order valence-corrected chi connectivity index (χ4v) is 5.41. The second-order valence-corrected chi connectivity index (χ2v) is 9.92. The van der Waals surface area contributed by atoms with Gasteiger partial charge < -0.3 is 19.9 Å². The highest BCUT2D eigenvalue weighted by molar-refractivity contribution is 5.95. The molecule has 0 saturated carbocycles. The number of hydrogen-bond acceptors (Lipinski definition) is 6. The number of amides is 1. The minimum absolute atomic E-state index is 0.00955. The molecule has 38 heavy (non-hydrogen) atoms. The second kappa shape index (κ2) is 10.7. The lowest BCUT2D eigenvalue weighted by molar-refractivity contribution is -0.272. The van der Waals surface area contributed by atoms with E-state index in [9.17, 15) is 31.9 Å². The summed E-state index contributed by atoms with van der Waals surface area (Å²) in [6.07, 6.45) is -3.29. The quantitative estimate of drug-likeness (QED) is 0.504. The normalized spacial score (nSPS) is 28.0. The van der Waals surface area contributed by atoms with Gasteiger partial charge in [-0.25, -0.2) is 4.39 Å². The van der Waals surface area contributed by atoms with E-state index in [2.05, 4.69) is 15.2 Å². The molecule has 1 aromatic heterocycles. The topological polar surface area (TPSA) is 83.9 Å². The number of pyridine rings is 1. The molecule has 7 nitrogen and oxygen atoms in total. The third kappa shape index (κ3) is 5.08. The van der Waals surface area contributed by atoms with Crippen LogP contribution in [0.15, 0.2) is 30.5 Å². The number of aliphatic hydroxyl groups excluding tert-OH is 1. The molecule has 2 N–H and O–H groups in total. The first-order chi connectivity index (χ1) is 17.9. The average Bonchev–Trinajstić information content (AvgIpc) is 3.43. The van der Waals surface area contributed by atoms with Gasteiger partial charge in [-0.05, 0) is 44.5 Å². The minimum Gasteiger partial charge on any atom is -0.493 e. The molecule has 0 bridgehead atoms. The van der Waals surface area contributed by atoms with Crippen molar-refractivity contribution < 1.29 is 41.3 Å². The number of likely N-dealkylation sites (tertiary alicyclic amines) is 1. The molecule has 0 unspecified atom stereocenters. The lowest BCUT2D eigenvalue weighted by Crippen LogP contribution is -2.47. The number of hydrogen-bond donors (Lipinski definition) is 2. The van der Waals surface area contributed by atoms with E-state index < -0.39 is 53.0 Å². The number of aliphatic hydroxyl groups is 1. The third-order valence-electron chi connectivity index (χ3n) is 7.73. The molecule has 5 atom stereocenters. The summed E-state index contributed by atoms with van der Waals surface area (Å²) in [5, 5.41) is 12.2. The molecular weight excluding hydrogens is 513 g/mol. The van der Waals surface area contributed by atoms with Crippen LogP contribution in [0, 0.1) is 17.6 Å². The number of nitrogens with zero attached hydrogens (tertiary/aromatic N) is 2. The maximum absolute atomic E-state index is 14.5. The molecule has 2 aromatic rings. The van der Waals surface area contributed by atoms with Gasteiger partial charge in [0.2, 0.25) is 5.82 Å². The van der Waals surface area contributed by atoms with Crippen molar-refractivity contribution in [1.82, 2.24) is 9.88 Å². The Morgan fingerprint density at radius 2 is 2.05 bits per heavy atom. The van der Waals surface area contributed by atoms with Crippen LogP contribution < -0.4 is 10.1 Å². The molecule has 2 aliphatic rings. The number of carbonyl (C=O) groups excluding carboxylic acids is 1. The fourth-order valence-electron chi connectivity index (χ4n) is 5.41. The minimum atomic E-state index is -4.85. The summed E-state index contributed by atoms with van der Waals surface area (Å²) in [5.41, 5.74) is -1.96. The van der Waals surface area contributed by atoms with Crippen molar-refractivity contribution >= 4 is 11.6 Å². The first-order valence-electron chi connectivity index (χ1n) is 12.3. The summed E-state index contributed by atoms with van der Waals surface area (Å²) in [4.78, 5) is 19.8. The van der Waals surface area contributed by atoms with Gasteiger partial charge in [-0.1, -0.05) is 13.0 Å². The first-order valence-corrected chi connectivity index (χ1v) is 12.3. The van der Waals surface area contributed by atoms with Crippen LogP contribution in [0.2, 0.25) is 0 Å². The van der Waals surface area contributed by atoms with Crippen LogP contribution in [0.4, 0.5) is 27.6 Å². The summed E-state index contributed by atoms with van der Waals surface area (Å²) in [6, 6.07) is 4.99. The predicted octanol–water partition coefficient (Wildman–Crippen LogP) is 4.40. The third-order valence-corrected chi connectivity index (χ3v) is 7.73. The molecule has 1 aromatic carbocycles. The van der Waals surface area contributed by atoms with Crippen molar-refractivity contribution in [3.63, 3.8) is 0 Å². The molecule has 3 heterocycles. The molecule has 208 valence electrons. The molecule has 0 aliphatic carbocycles. The van der Waals surface area contributed by atoms with E-state index in [1.165, 1.54) is 19.2 Å². The SMILES string of the molecule is COc1c([C@H]2[C@H](C(=O)Nc3ccnc(CN4CCC[C@H]4CO)c3)O[C@@](C)(C(F)(F)F)[C@H]2C)ccc(F)c1F. The smallest absolute Gasteiger partial charge is 0.417 e. The highest BCUT2D eigenvalue weighted by Gasteiger charge is 2.65. The Morgan fingerprint density at radius 1 is 1.32 bits per heavy atom. The Bertz CT molecular complexity index is 1180. The van der Waals surface area contributed by atoms with Crippen LogP contribution in [0.25, 0.3) is 0 Å². The Hall–Kier alpha value is -2.83. The van der Waals surface area contributed by atoms with Gasteiger partial charge in [0.05, 0.1) is 19.4 Å². The zero-order chi connectivity index (χ0) is 27.8. The molecule has 0 radical (unpaired) electrons. The van der Waals surface area contributed by atoms with Crippen molar-refractivity contribution in [2.24, 2.45) is 5.92 Å². The number of nitrogens with one attached hydrogen (secondary N) is 1. The number of rotatable bonds is 7. The molecule has 0 spiro atoms. The Morgan fingerprint density at radius 3 is 2.71 bits per heavy atom. The summed E-state index contributed by atoms with van der Waals surface area (Å²) in [6.45, 7) is 3.31. The summed E-state index contributed by atoms with van der Waals surface area (Å²) >= 11 is 0. The van der Waals surface area contributed by atoms with Crippen molar-refractivity contribution in [3.8, 4) is 5.75 Å². The fraction of sp³-hybridized carbons (Fsp3) is 0.538. The van der Waals surface area contributed by atoms with E-state index in [1.807, 2.05) is 0 Å². The van der Waals surface area contributed by atoms with Crippen LogP contribution in [0.5, 0.6) is 5.75 Å². The number of alkyl halides is 3. The maximum Gasteiger partial charge on any atom is 0.417 e. The number of methoxy groups -OCH3 is 1. The van der Waals surface area contributed by atoms with E-state index in [-0.39, 0.29) is 23.9 Å². The highest BCUT2D eigenvalue weighted by Crippen LogP contribution is 2.55. The molecule has 12 heteroatoms. The van der Waals surface area contributed by atoms with E-state index in [1.54, 1.807) is 6.07 Å². The molecule has 2 saturated heterocycles. The molecule has 4 rings (SSSR count). The van der Waals surface area contributed by atoms with Gasteiger partial charge in [0.1, 0.15) is 6.10 Å². The van der Waals surface area contributed by atoms with Gasteiger partial charge in [-0.3, -0.25) is 14.7 Å². The monoisotopic (exact) mass is 543 g/mol. The Kier molecular flexibility index (Phi) is 7.96. The van der Waals surface area contributed by atoms with Crippen LogP contribution >= 0.6 is 0 Å². The summed E-state index contributed by atoms with van der Waals surface area (Å²) in [5.74, 6) is -6.71. The first kappa shape index (κ1) is 28.2. The summed E-state index contributed by atoms with van der Waals surface area (Å²) < 4.78 is 81.2. The van der Waals surface area contributed by atoms with Gasteiger partial charge in [-0.2, -0.15) is 17.6 Å². The van der Waals surface area contributed by atoms with Gasteiger partial charge >= 0.3 is 6.18 Å². The zero-order valence-electron chi connectivity index (χ0n) is 21.2. The number of ether oxygens (including phenoxy) is 2. The number of halogens is 5. The lowest BCUT2D eigenvalue weighted by atomic mass is 9.77. The van der Waals surface area contributed by atoms with Crippen LogP contribution in [-0.4, -0.2) is 65.1 Å². The number of carbonyl (C=O) groups is 1. The molecule has 2 fully saturated rings. The number of benzene rings is 1. The van der Waals surface area contributed by atoms with Crippen molar-refractivity contribution in [3.05, 3.63) is 53.4 Å². The van der Waals surface area contributed by atoms with Gasteiger partial charge in [0.25, 0.3) is 5.91 Å². The van der Waals surface area contributed by atoms with Crippen molar-refractivity contribution in [2.75, 3.05) is 25.6 Å². The lowest BCUT2D eigenvalue weighted by Gasteiger charge is -2.32. The Labute approximate surface area is 216 Å². The van der Waals surface area contributed by atoms with Crippen LogP contribution in [0.1, 0.15) is 43.9 Å². The van der Waals surface area contributed by atoms with Crippen molar-refractivity contribution in [1.29, 1.82) is 0 Å². The molecular formula is C26H30F5N3O4. The maximum atomic E-state index is 14.5. The van der Waals surface area contributed by atoms with Gasteiger partial charge in [0, 0.05) is 41.9 Å².